The Hall–Kier alpha value is -2.11. The van der Waals surface area contributed by atoms with Crippen LogP contribution in [-0.2, 0) is 28.6 Å². The van der Waals surface area contributed by atoms with Crippen molar-refractivity contribution < 1.29 is 28.6 Å². The molecule has 0 amide bonds. The average molecular weight is 350 g/mol. The highest BCUT2D eigenvalue weighted by Crippen LogP contribution is 2.36. The number of esters is 3. The van der Waals surface area contributed by atoms with E-state index < -0.39 is 6.10 Å². The van der Waals surface area contributed by atoms with E-state index >= 15 is 0 Å². The summed E-state index contributed by atoms with van der Waals surface area (Å²) in [6.45, 7) is 6.73. The van der Waals surface area contributed by atoms with Gasteiger partial charge in [0.1, 0.15) is 18.8 Å². The van der Waals surface area contributed by atoms with Crippen LogP contribution >= 0.6 is 0 Å². The zero-order valence-electron chi connectivity index (χ0n) is 15.2. The van der Waals surface area contributed by atoms with Gasteiger partial charge in [-0.3, -0.25) is 14.4 Å². The lowest BCUT2D eigenvalue weighted by molar-refractivity contribution is -0.145. The summed E-state index contributed by atoms with van der Waals surface area (Å²) in [6, 6.07) is 0. The molecule has 1 aliphatic heterocycles. The summed E-state index contributed by atoms with van der Waals surface area (Å²) >= 11 is 0. The number of carbonyl (C=O) groups excluding carboxylic acids is 3. The monoisotopic (exact) mass is 350 g/mol. The summed E-state index contributed by atoms with van der Waals surface area (Å²) in [5.74, 6) is -1.30. The molecular formula is C19H26O6. The van der Waals surface area contributed by atoms with E-state index in [1.54, 1.807) is 0 Å². The van der Waals surface area contributed by atoms with Gasteiger partial charge < -0.3 is 14.2 Å². The second-order valence-electron chi connectivity index (χ2n) is 6.78. The van der Waals surface area contributed by atoms with Gasteiger partial charge in [0.2, 0.25) is 0 Å². The Morgan fingerprint density at radius 1 is 1.28 bits per heavy atom. The van der Waals surface area contributed by atoms with Crippen LogP contribution in [0.2, 0.25) is 0 Å². The van der Waals surface area contributed by atoms with Crippen molar-refractivity contribution in [3.8, 4) is 0 Å². The average Bonchev–Trinajstić information content (AvgIpc) is 2.78. The Kier molecular flexibility index (Phi) is 6.39. The predicted molar refractivity (Wildman–Crippen MR) is 90.4 cm³/mol. The highest BCUT2D eigenvalue weighted by Gasteiger charge is 2.42. The lowest BCUT2D eigenvalue weighted by atomic mass is 9.83. The topological polar surface area (TPSA) is 78.9 Å². The maximum atomic E-state index is 12.1. The number of rotatable bonds is 3. The summed E-state index contributed by atoms with van der Waals surface area (Å²) < 4.78 is 16.1. The van der Waals surface area contributed by atoms with Crippen molar-refractivity contribution in [3.63, 3.8) is 0 Å². The van der Waals surface area contributed by atoms with Crippen molar-refractivity contribution in [2.45, 2.75) is 59.2 Å². The van der Waals surface area contributed by atoms with Gasteiger partial charge in [0, 0.05) is 19.8 Å². The number of carbonyl (C=O) groups is 3. The van der Waals surface area contributed by atoms with Crippen LogP contribution in [0, 0.1) is 11.8 Å². The van der Waals surface area contributed by atoms with Gasteiger partial charge >= 0.3 is 17.9 Å². The molecule has 2 aliphatic rings. The Labute approximate surface area is 148 Å². The minimum absolute atomic E-state index is 0.0920. The van der Waals surface area contributed by atoms with Crippen molar-refractivity contribution in [1.29, 1.82) is 0 Å². The third kappa shape index (κ3) is 5.18. The normalized spacial score (nSPS) is 29.7. The van der Waals surface area contributed by atoms with Crippen LogP contribution in [0.4, 0.5) is 0 Å². The first-order chi connectivity index (χ1) is 11.8. The number of fused-ring (bicyclic) bond motifs is 1. The first-order valence-electron chi connectivity index (χ1n) is 8.65. The second-order valence-corrected chi connectivity index (χ2v) is 6.78. The third-order valence-corrected chi connectivity index (χ3v) is 4.78. The van der Waals surface area contributed by atoms with Gasteiger partial charge in [-0.2, -0.15) is 0 Å². The summed E-state index contributed by atoms with van der Waals surface area (Å²) in [7, 11) is 0. The minimum atomic E-state index is -0.392. The Balaban J connectivity index is 2.28. The molecule has 0 aromatic carbocycles. The van der Waals surface area contributed by atoms with E-state index in [2.05, 4.69) is 0 Å². The molecule has 0 spiro atoms. The van der Waals surface area contributed by atoms with Gasteiger partial charge in [0.15, 0.2) is 0 Å². The van der Waals surface area contributed by atoms with E-state index in [-0.39, 0.29) is 42.5 Å². The molecule has 4 unspecified atom stereocenters. The maximum absolute atomic E-state index is 12.1. The number of hydrogen-bond acceptors (Lipinski definition) is 6. The molecule has 1 fully saturated rings. The highest BCUT2D eigenvalue weighted by atomic mass is 16.6. The van der Waals surface area contributed by atoms with E-state index in [1.165, 1.54) is 13.8 Å². The Bertz CT molecular complexity index is 603. The van der Waals surface area contributed by atoms with E-state index in [0.29, 0.717) is 12.8 Å². The van der Waals surface area contributed by atoms with Crippen molar-refractivity contribution in [2.24, 2.45) is 11.8 Å². The molecule has 0 aromatic heterocycles. The van der Waals surface area contributed by atoms with Gasteiger partial charge in [0.25, 0.3) is 0 Å². The van der Waals surface area contributed by atoms with Crippen LogP contribution in [0.25, 0.3) is 0 Å². The van der Waals surface area contributed by atoms with E-state index in [9.17, 15) is 14.4 Å². The van der Waals surface area contributed by atoms with Crippen LogP contribution in [-0.4, -0.2) is 36.7 Å². The molecule has 1 saturated heterocycles. The molecule has 0 aromatic rings. The summed E-state index contributed by atoms with van der Waals surface area (Å²) in [6.07, 6.45) is 5.13. The highest BCUT2D eigenvalue weighted by molar-refractivity contribution is 5.75. The number of ether oxygens (including phenoxy) is 3. The zero-order chi connectivity index (χ0) is 18.6. The number of allylic oxidation sites excluding steroid dienone is 1. The molecule has 1 aliphatic carbocycles. The molecule has 0 bridgehead atoms. The first-order valence-corrected chi connectivity index (χ1v) is 8.65. The van der Waals surface area contributed by atoms with Crippen molar-refractivity contribution >= 4 is 17.9 Å². The lowest BCUT2D eigenvalue weighted by Crippen LogP contribution is -2.28. The molecule has 6 heteroatoms. The van der Waals surface area contributed by atoms with Crippen LogP contribution < -0.4 is 0 Å². The zero-order valence-corrected chi connectivity index (χ0v) is 15.2. The molecule has 4 atom stereocenters. The van der Waals surface area contributed by atoms with Gasteiger partial charge in [-0.25, -0.2) is 0 Å². The third-order valence-electron chi connectivity index (χ3n) is 4.78. The predicted octanol–water partition coefficient (Wildman–Crippen LogP) is 2.72. The van der Waals surface area contributed by atoms with E-state index in [4.69, 9.17) is 14.2 Å². The SMILES string of the molecule is CC(=O)OCC1=CC2OC(=O)C(C)C2CC(OC(C)=O)C(C)=CCC1. The maximum Gasteiger partial charge on any atom is 0.309 e. The molecule has 6 nitrogen and oxygen atoms in total. The summed E-state index contributed by atoms with van der Waals surface area (Å²) in [5, 5.41) is 0. The van der Waals surface area contributed by atoms with Gasteiger partial charge in [-0.15, -0.1) is 0 Å². The summed E-state index contributed by atoms with van der Waals surface area (Å²) in [5.41, 5.74) is 1.90. The van der Waals surface area contributed by atoms with Gasteiger partial charge in [0.05, 0.1) is 5.92 Å². The molecular weight excluding hydrogens is 324 g/mol. The van der Waals surface area contributed by atoms with E-state index in [0.717, 1.165) is 17.6 Å². The molecule has 25 heavy (non-hydrogen) atoms. The number of hydrogen-bond donors (Lipinski definition) is 0. The van der Waals surface area contributed by atoms with Crippen molar-refractivity contribution in [3.05, 3.63) is 23.3 Å². The van der Waals surface area contributed by atoms with Crippen molar-refractivity contribution in [2.75, 3.05) is 6.61 Å². The fourth-order valence-electron chi connectivity index (χ4n) is 3.31. The standard InChI is InChI=1S/C19H26O6/c1-11-6-5-7-15(10-23-13(3)20)8-18-16(12(2)19(22)25-18)9-17(11)24-14(4)21/h6,8,12,16-18H,5,7,9-10H2,1-4H3. The molecule has 0 saturated carbocycles. The Morgan fingerprint density at radius 2 is 2.00 bits per heavy atom. The van der Waals surface area contributed by atoms with Crippen LogP contribution in [0.1, 0.15) is 47.0 Å². The fraction of sp³-hybridized carbons (Fsp3) is 0.632. The second kappa shape index (κ2) is 8.32. The molecule has 138 valence electrons. The van der Waals surface area contributed by atoms with Crippen molar-refractivity contribution in [1.82, 2.24) is 0 Å². The van der Waals surface area contributed by atoms with Gasteiger partial charge in [-0.1, -0.05) is 13.0 Å². The molecule has 1 heterocycles. The van der Waals surface area contributed by atoms with Crippen LogP contribution in [0.3, 0.4) is 0 Å². The van der Waals surface area contributed by atoms with Crippen LogP contribution in [0.5, 0.6) is 0 Å². The molecule has 0 radical (unpaired) electrons. The molecule has 2 rings (SSSR count). The van der Waals surface area contributed by atoms with Crippen LogP contribution in [0.15, 0.2) is 23.3 Å². The summed E-state index contributed by atoms with van der Waals surface area (Å²) in [4.78, 5) is 34.6. The van der Waals surface area contributed by atoms with E-state index in [1.807, 2.05) is 26.0 Å². The largest absolute Gasteiger partial charge is 0.461 e. The lowest BCUT2D eigenvalue weighted by Gasteiger charge is -2.26. The van der Waals surface area contributed by atoms with Gasteiger partial charge in [-0.05, 0) is 43.4 Å². The first kappa shape index (κ1) is 19.2. The minimum Gasteiger partial charge on any atom is -0.461 e. The smallest absolute Gasteiger partial charge is 0.309 e. The quantitative estimate of drug-likeness (QED) is 0.442. The Morgan fingerprint density at radius 3 is 2.64 bits per heavy atom. The fourth-order valence-corrected chi connectivity index (χ4v) is 3.31. The molecule has 0 N–H and O–H groups in total.